The predicted octanol–water partition coefficient (Wildman–Crippen LogP) is 1.51. The molecule has 0 aliphatic carbocycles. The van der Waals surface area contributed by atoms with E-state index in [1.807, 2.05) is 11.8 Å². The second-order valence-corrected chi connectivity index (χ2v) is 4.39. The van der Waals surface area contributed by atoms with Gasteiger partial charge in [0.2, 0.25) is 5.91 Å². The molecule has 2 N–H and O–H groups in total. The van der Waals surface area contributed by atoms with E-state index in [1.165, 1.54) is 6.42 Å². The quantitative estimate of drug-likeness (QED) is 0.731. The van der Waals surface area contributed by atoms with Gasteiger partial charge in [-0.1, -0.05) is 6.92 Å². The van der Waals surface area contributed by atoms with Crippen molar-refractivity contribution in [1.29, 1.82) is 0 Å². The molecule has 1 unspecified atom stereocenters. The highest BCUT2D eigenvalue weighted by atomic mass is 16.2. The van der Waals surface area contributed by atoms with Crippen LogP contribution in [0, 0.1) is 0 Å². The summed E-state index contributed by atoms with van der Waals surface area (Å²) in [5.41, 5.74) is 5.78. The van der Waals surface area contributed by atoms with Gasteiger partial charge in [-0.25, -0.2) is 0 Å². The smallest absolute Gasteiger partial charge is 0.239 e. The van der Waals surface area contributed by atoms with Crippen molar-refractivity contribution in [3.63, 3.8) is 0 Å². The second kappa shape index (κ2) is 4.78. The van der Waals surface area contributed by atoms with Gasteiger partial charge in [0, 0.05) is 12.1 Å². The molecule has 3 nitrogen and oxygen atoms in total. The number of nitrogens with two attached hydrogens (primary N) is 1. The highest BCUT2D eigenvalue weighted by Crippen LogP contribution is 2.23. The second-order valence-electron chi connectivity index (χ2n) is 4.39. The third-order valence-electron chi connectivity index (χ3n) is 3.21. The van der Waals surface area contributed by atoms with Gasteiger partial charge in [-0.3, -0.25) is 4.79 Å². The van der Waals surface area contributed by atoms with Gasteiger partial charge in [0.25, 0.3) is 0 Å². The lowest BCUT2D eigenvalue weighted by Gasteiger charge is -2.40. The van der Waals surface area contributed by atoms with Crippen LogP contribution in [0.2, 0.25) is 0 Å². The highest BCUT2D eigenvalue weighted by molar-refractivity contribution is 5.82. The first-order valence-electron chi connectivity index (χ1n) is 5.65. The van der Waals surface area contributed by atoms with Crippen LogP contribution in [0.5, 0.6) is 0 Å². The molecule has 0 aromatic carbocycles. The van der Waals surface area contributed by atoms with E-state index in [1.54, 1.807) is 0 Å². The van der Waals surface area contributed by atoms with Crippen LogP contribution < -0.4 is 5.73 Å². The van der Waals surface area contributed by atoms with Crippen molar-refractivity contribution in [2.45, 2.75) is 64.6 Å². The van der Waals surface area contributed by atoms with E-state index in [2.05, 4.69) is 13.8 Å². The molecule has 0 radical (unpaired) electrons. The van der Waals surface area contributed by atoms with Crippen molar-refractivity contribution >= 4 is 5.91 Å². The molecule has 0 saturated carbocycles. The fraction of sp³-hybridized carbons (Fsp3) is 0.909. The van der Waals surface area contributed by atoms with Crippen molar-refractivity contribution in [3.8, 4) is 0 Å². The molecule has 0 aromatic heterocycles. The third kappa shape index (κ3) is 2.27. The van der Waals surface area contributed by atoms with E-state index in [-0.39, 0.29) is 11.9 Å². The summed E-state index contributed by atoms with van der Waals surface area (Å²) in [6.45, 7) is 6.20. The van der Waals surface area contributed by atoms with Gasteiger partial charge in [-0.05, 0) is 39.5 Å². The molecule has 82 valence electrons. The third-order valence-corrected chi connectivity index (χ3v) is 3.21. The number of hydrogen-bond donors (Lipinski definition) is 1. The Morgan fingerprint density at radius 2 is 1.93 bits per heavy atom. The average Bonchev–Trinajstić information content (AvgIpc) is 2.16. The molecule has 1 aliphatic rings. The molecular formula is C11H22N2O. The number of rotatable bonds is 2. The molecule has 3 heteroatoms. The number of amides is 1. The topological polar surface area (TPSA) is 46.3 Å². The lowest BCUT2D eigenvalue weighted by molar-refractivity contribution is -0.138. The Kier molecular flexibility index (Phi) is 3.93. The molecule has 1 heterocycles. The Bertz CT molecular complexity index is 195. The molecular weight excluding hydrogens is 176 g/mol. The Labute approximate surface area is 86.6 Å². The van der Waals surface area contributed by atoms with Crippen LogP contribution >= 0.6 is 0 Å². The van der Waals surface area contributed by atoms with Crippen LogP contribution in [0.3, 0.4) is 0 Å². The SMILES string of the molecule is CCC(N)C(=O)N1[C@H](C)CCC[C@@H]1C. The number of likely N-dealkylation sites (tertiary alicyclic amines) is 1. The normalized spacial score (nSPS) is 30.1. The maximum absolute atomic E-state index is 12.0. The lowest BCUT2D eigenvalue weighted by atomic mass is 9.96. The Morgan fingerprint density at radius 1 is 1.43 bits per heavy atom. The highest BCUT2D eigenvalue weighted by Gasteiger charge is 2.30. The van der Waals surface area contributed by atoms with E-state index < -0.39 is 0 Å². The summed E-state index contributed by atoms with van der Waals surface area (Å²) in [5.74, 6) is 0.132. The monoisotopic (exact) mass is 198 g/mol. The van der Waals surface area contributed by atoms with Crippen molar-refractivity contribution in [2.24, 2.45) is 5.73 Å². The van der Waals surface area contributed by atoms with Gasteiger partial charge in [0.05, 0.1) is 6.04 Å². The van der Waals surface area contributed by atoms with Gasteiger partial charge in [0.15, 0.2) is 0 Å². The number of carbonyl (C=O) groups is 1. The molecule has 3 atom stereocenters. The van der Waals surface area contributed by atoms with Crippen molar-refractivity contribution < 1.29 is 4.79 Å². The van der Waals surface area contributed by atoms with Crippen LogP contribution in [-0.4, -0.2) is 28.9 Å². The van der Waals surface area contributed by atoms with E-state index in [9.17, 15) is 4.79 Å². The van der Waals surface area contributed by atoms with Gasteiger partial charge in [-0.15, -0.1) is 0 Å². The minimum atomic E-state index is -0.307. The molecule has 14 heavy (non-hydrogen) atoms. The number of piperidine rings is 1. The van der Waals surface area contributed by atoms with Gasteiger partial charge in [0.1, 0.15) is 0 Å². The summed E-state index contributed by atoms with van der Waals surface area (Å²) in [5, 5.41) is 0. The zero-order chi connectivity index (χ0) is 10.7. The molecule has 1 rings (SSSR count). The van der Waals surface area contributed by atoms with Crippen molar-refractivity contribution in [2.75, 3.05) is 0 Å². The van der Waals surface area contributed by atoms with E-state index >= 15 is 0 Å². The van der Waals surface area contributed by atoms with Crippen molar-refractivity contribution in [1.82, 2.24) is 4.90 Å². The van der Waals surface area contributed by atoms with Crippen LogP contribution in [0.1, 0.15) is 46.5 Å². The maximum Gasteiger partial charge on any atom is 0.239 e. The average molecular weight is 198 g/mol. The van der Waals surface area contributed by atoms with Crippen LogP contribution in [0.25, 0.3) is 0 Å². The first kappa shape index (κ1) is 11.5. The lowest BCUT2D eigenvalue weighted by Crippen LogP contribution is -2.53. The zero-order valence-corrected chi connectivity index (χ0v) is 9.49. The minimum Gasteiger partial charge on any atom is -0.336 e. The zero-order valence-electron chi connectivity index (χ0n) is 9.49. The maximum atomic E-state index is 12.0. The number of hydrogen-bond acceptors (Lipinski definition) is 2. The summed E-state index contributed by atoms with van der Waals surface area (Å²) in [6.07, 6.45) is 4.20. The Balaban J connectivity index is 2.67. The van der Waals surface area contributed by atoms with Crippen molar-refractivity contribution in [3.05, 3.63) is 0 Å². The fourth-order valence-electron chi connectivity index (χ4n) is 2.22. The Morgan fingerprint density at radius 3 is 2.36 bits per heavy atom. The van der Waals surface area contributed by atoms with Gasteiger partial charge in [-0.2, -0.15) is 0 Å². The van der Waals surface area contributed by atoms with E-state index in [4.69, 9.17) is 5.73 Å². The van der Waals surface area contributed by atoms with E-state index in [0.717, 1.165) is 19.3 Å². The minimum absolute atomic E-state index is 0.132. The molecule has 1 fully saturated rings. The molecule has 1 amide bonds. The standard InChI is InChI=1S/C11H22N2O/c1-4-10(12)11(14)13-8(2)6-5-7-9(13)3/h8-10H,4-7,12H2,1-3H3/t8-,9+,10?. The summed E-state index contributed by atoms with van der Waals surface area (Å²) in [6, 6.07) is 0.422. The molecule has 0 spiro atoms. The fourth-order valence-corrected chi connectivity index (χ4v) is 2.22. The molecule has 0 bridgehead atoms. The summed E-state index contributed by atoms with van der Waals surface area (Å²) in [4.78, 5) is 13.9. The molecule has 0 aromatic rings. The predicted molar refractivity (Wildman–Crippen MR) is 57.9 cm³/mol. The van der Waals surface area contributed by atoms with Gasteiger partial charge >= 0.3 is 0 Å². The van der Waals surface area contributed by atoms with E-state index in [0.29, 0.717) is 12.1 Å². The first-order chi connectivity index (χ1) is 6.57. The van der Waals surface area contributed by atoms with Crippen LogP contribution in [0.15, 0.2) is 0 Å². The number of nitrogens with zero attached hydrogens (tertiary/aromatic N) is 1. The van der Waals surface area contributed by atoms with Crippen LogP contribution in [-0.2, 0) is 4.79 Å². The number of carbonyl (C=O) groups excluding carboxylic acids is 1. The summed E-state index contributed by atoms with van der Waals surface area (Å²) >= 11 is 0. The van der Waals surface area contributed by atoms with Crippen LogP contribution in [0.4, 0.5) is 0 Å². The summed E-state index contributed by atoms with van der Waals surface area (Å²) < 4.78 is 0. The molecule has 1 aliphatic heterocycles. The largest absolute Gasteiger partial charge is 0.336 e. The van der Waals surface area contributed by atoms with Gasteiger partial charge < -0.3 is 10.6 Å². The summed E-state index contributed by atoms with van der Waals surface area (Å²) in [7, 11) is 0. The molecule has 1 saturated heterocycles. The first-order valence-corrected chi connectivity index (χ1v) is 5.65. The Hall–Kier alpha value is -0.570.